The highest BCUT2D eigenvalue weighted by Crippen LogP contribution is 2.35. The van der Waals surface area contributed by atoms with Crippen molar-refractivity contribution in [2.24, 2.45) is 5.41 Å². The lowest BCUT2D eigenvalue weighted by atomic mass is 9.76. The molecule has 5 nitrogen and oxygen atoms in total. The Morgan fingerprint density at radius 1 is 1.52 bits per heavy atom. The number of nitrogens with zero attached hydrogens (tertiary/aromatic N) is 1. The second-order valence-corrected chi connectivity index (χ2v) is 8.44. The van der Waals surface area contributed by atoms with Gasteiger partial charge in [-0.25, -0.2) is 9.59 Å². The molecule has 1 aliphatic heterocycles. The Bertz CT molecular complexity index is 544. The van der Waals surface area contributed by atoms with Crippen LogP contribution in [0.15, 0.2) is 15.9 Å². The summed E-state index contributed by atoms with van der Waals surface area (Å²) < 4.78 is 1.01. The van der Waals surface area contributed by atoms with E-state index in [4.69, 9.17) is 0 Å². The Morgan fingerprint density at radius 2 is 2.24 bits per heavy atom. The van der Waals surface area contributed by atoms with Crippen molar-refractivity contribution in [1.82, 2.24) is 10.2 Å². The number of carbonyl (C=O) groups excluding carboxylic acids is 1. The molecular formula is C14H19BrN2O3S. The number of amides is 2. The Morgan fingerprint density at radius 3 is 2.81 bits per heavy atom. The van der Waals surface area contributed by atoms with E-state index in [-0.39, 0.29) is 6.03 Å². The monoisotopic (exact) mass is 374 g/mol. The molecule has 1 aliphatic rings. The van der Waals surface area contributed by atoms with Crippen molar-refractivity contribution in [2.45, 2.75) is 39.3 Å². The molecule has 0 radical (unpaired) electrons. The number of hydrogen-bond donors (Lipinski definition) is 2. The maximum absolute atomic E-state index is 12.3. The Labute approximate surface area is 136 Å². The fourth-order valence-corrected chi connectivity index (χ4v) is 4.21. The third-order valence-corrected chi connectivity index (χ3v) is 5.43. The Kier molecular flexibility index (Phi) is 4.93. The van der Waals surface area contributed by atoms with Crippen LogP contribution in [-0.4, -0.2) is 34.6 Å². The third-order valence-electron chi connectivity index (χ3n) is 3.81. The van der Waals surface area contributed by atoms with Crippen LogP contribution in [0.5, 0.6) is 0 Å². The van der Waals surface area contributed by atoms with E-state index in [9.17, 15) is 14.7 Å². The van der Waals surface area contributed by atoms with Gasteiger partial charge in [-0.2, -0.15) is 0 Å². The number of halogens is 1. The third kappa shape index (κ3) is 3.77. The Hall–Kier alpha value is -1.08. The van der Waals surface area contributed by atoms with E-state index >= 15 is 0 Å². The van der Waals surface area contributed by atoms with Gasteiger partial charge in [-0.15, -0.1) is 11.3 Å². The van der Waals surface area contributed by atoms with Crippen LogP contribution in [0, 0.1) is 5.41 Å². The fourth-order valence-electron chi connectivity index (χ4n) is 2.79. The van der Waals surface area contributed by atoms with Crippen LogP contribution in [0.4, 0.5) is 4.79 Å². The van der Waals surface area contributed by atoms with Gasteiger partial charge < -0.3 is 15.3 Å². The number of thiophene rings is 1. The summed E-state index contributed by atoms with van der Waals surface area (Å²) in [6.07, 6.45) is 1.64. The lowest BCUT2D eigenvalue weighted by Crippen LogP contribution is -2.58. The molecule has 1 aromatic heterocycles. The maximum Gasteiger partial charge on any atom is 0.327 e. The van der Waals surface area contributed by atoms with Gasteiger partial charge >= 0.3 is 12.0 Å². The summed E-state index contributed by atoms with van der Waals surface area (Å²) in [5.74, 6) is -0.936. The summed E-state index contributed by atoms with van der Waals surface area (Å²) in [6, 6.07) is 2.78. The average Bonchev–Trinajstić information content (AvgIpc) is 2.79. The zero-order chi connectivity index (χ0) is 15.6. The van der Waals surface area contributed by atoms with Crippen molar-refractivity contribution >= 4 is 39.3 Å². The van der Waals surface area contributed by atoms with Crippen molar-refractivity contribution < 1.29 is 14.7 Å². The smallest absolute Gasteiger partial charge is 0.327 e. The van der Waals surface area contributed by atoms with Gasteiger partial charge in [0.2, 0.25) is 0 Å². The van der Waals surface area contributed by atoms with E-state index in [1.54, 1.807) is 11.3 Å². The van der Waals surface area contributed by atoms with E-state index in [1.807, 2.05) is 26.0 Å². The van der Waals surface area contributed by atoms with Crippen molar-refractivity contribution in [3.63, 3.8) is 0 Å². The van der Waals surface area contributed by atoms with Gasteiger partial charge in [-0.05, 0) is 46.3 Å². The summed E-state index contributed by atoms with van der Waals surface area (Å²) in [5.41, 5.74) is -0.409. The minimum Gasteiger partial charge on any atom is -0.480 e. The minimum atomic E-state index is -0.936. The zero-order valence-electron chi connectivity index (χ0n) is 12.1. The summed E-state index contributed by atoms with van der Waals surface area (Å²) in [6.45, 7) is 4.71. The fraction of sp³-hybridized carbons (Fsp3) is 0.571. The zero-order valence-corrected chi connectivity index (χ0v) is 14.5. The molecule has 0 aliphatic carbocycles. The molecule has 2 rings (SSSR count). The number of carboxylic acids is 1. The van der Waals surface area contributed by atoms with Gasteiger partial charge in [0.05, 0.1) is 10.3 Å². The van der Waals surface area contributed by atoms with Crippen molar-refractivity contribution in [3.8, 4) is 0 Å². The van der Waals surface area contributed by atoms with Crippen LogP contribution in [0.25, 0.3) is 0 Å². The lowest BCUT2D eigenvalue weighted by Gasteiger charge is -2.43. The number of carbonyl (C=O) groups is 2. The van der Waals surface area contributed by atoms with Crippen LogP contribution < -0.4 is 5.32 Å². The number of piperidine rings is 1. The predicted molar refractivity (Wildman–Crippen MR) is 85.4 cm³/mol. The molecule has 2 amide bonds. The number of nitrogens with one attached hydrogen (secondary N) is 1. The molecule has 0 spiro atoms. The molecule has 1 unspecified atom stereocenters. The first-order valence-corrected chi connectivity index (χ1v) is 8.44. The molecule has 2 heterocycles. The van der Waals surface area contributed by atoms with Gasteiger partial charge in [0, 0.05) is 11.4 Å². The highest BCUT2D eigenvalue weighted by atomic mass is 79.9. The van der Waals surface area contributed by atoms with Crippen LogP contribution in [0.2, 0.25) is 0 Å². The van der Waals surface area contributed by atoms with Gasteiger partial charge in [-0.1, -0.05) is 13.8 Å². The number of urea groups is 1. The second-order valence-electron chi connectivity index (χ2n) is 5.89. The molecule has 116 valence electrons. The van der Waals surface area contributed by atoms with Gasteiger partial charge in [-0.3, -0.25) is 0 Å². The molecule has 2 N–H and O–H groups in total. The second kappa shape index (κ2) is 6.36. The topological polar surface area (TPSA) is 69.6 Å². The normalized spacial score (nSPS) is 21.1. The first-order chi connectivity index (χ1) is 9.81. The summed E-state index contributed by atoms with van der Waals surface area (Å²) in [5, 5.41) is 12.3. The minimum absolute atomic E-state index is 0.306. The van der Waals surface area contributed by atoms with Crippen LogP contribution in [0.3, 0.4) is 0 Å². The molecular weight excluding hydrogens is 356 g/mol. The molecule has 0 aromatic carbocycles. The molecule has 1 atom stereocenters. The van der Waals surface area contributed by atoms with E-state index in [2.05, 4.69) is 21.2 Å². The number of hydrogen-bond acceptors (Lipinski definition) is 3. The first-order valence-electron chi connectivity index (χ1n) is 6.83. The molecule has 0 saturated carbocycles. The Balaban J connectivity index is 2.04. The summed E-state index contributed by atoms with van der Waals surface area (Å²) in [4.78, 5) is 26.3. The highest BCUT2D eigenvalue weighted by molar-refractivity contribution is 9.11. The van der Waals surface area contributed by atoms with Gasteiger partial charge in [0.25, 0.3) is 0 Å². The van der Waals surface area contributed by atoms with E-state index in [0.29, 0.717) is 13.1 Å². The van der Waals surface area contributed by atoms with Crippen LogP contribution in [-0.2, 0) is 11.3 Å². The molecule has 1 saturated heterocycles. The van der Waals surface area contributed by atoms with Crippen LogP contribution in [0.1, 0.15) is 31.6 Å². The quantitative estimate of drug-likeness (QED) is 0.852. The average molecular weight is 375 g/mol. The maximum atomic E-state index is 12.3. The molecule has 1 fully saturated rings. The number of rotatable bonds is 3. The highest BCUT2D eigenvalue weighted by Gasteiger charge is 2.44. The van der Waals surface area contributed by atoms with E-state index < -0.39 is 17.4 Å². The molecule has 21 heavy (non-hydrogen) atoms. The van der Waals surface area contributed by atoms with Gasteiger partial charge in [0.15, 0.2) is 0 Å². The molecule has 7 heteroatoms. The lowest BCUT2D eigenvalue weighted by molar-refractivity contribution is -0.148. The predicted octanol–water partition coefficient (Wildman–Crippen LogP) is 3.30. The number of aliphatic carboxylic acids is 1. The molecule has 0 bridgehead atoms. The largest absolute Gasteiger partial charge is 0.480 e. The van der Waals surface area contributed by atoms with Crippen molar-refractivity contribution in [1.29, 1.82) is 0 Å². The van der Waals surface area contributed by atoms with E-state index in [1.165, 1.54) is 4.90 Å². The van der Waals surface area contributed by atoms with E-state index in [0.717, 1.165) is 21.5 Å². The first kappa shape index (κ1) is 16.3. The van der Waals surface area contributed by atoms with Gasteiger partial charge in [0.1, 0.15) is 6.04 Å². The molecule has 1 aromatic rings. The number of carboxylic acid groups (broad SMARTS) is 1. The van der Waals surface area contributed by atoms with Crippen molar-refractivity contribution in [3.05, 3.63) is 20.8 Å². The summed E-state index contributed by atoms with van der Waals surface area (Å²) >= 11 is 4.93. The summed E-state index contributed by atoms with van der Waals surface area (Å²) in [7, 11) is 0. The van der Waals surface area contributed by atoms with Crippen LogP contribution >= 0.6 is 27.3 Å². The van der Waals surface area contributed by atoms with Crippen molar-refractivity contribution in [2.75, 3.05) is 6.54 Å². The SMILES string of the molecule is CC1(C)CCCN(C(=O)NCc2ccc(Br)s2)C1C(=O)O. The standard InChI is InChI=1S/C14H19BrN2O3S/c1-14(2)6-3-7-17(11(14)12(18)19)13(20)16-8-9-4-5-10(15)21-9/h4-5,11H,3,6-8H2,1-2H3,(H,16,20)(H,18,19). The number of likely N-dealkylation sites (tertiary alicyclic amines) is 1.